The number of nitrogens with zero attached hydrogens (tertiary/aromatic N) is 2. The molecule has 0 fully saturated rings. The monoisotopic (exact) mass is 504 g/mol. The van der Waals surface area contributed by atoms with Gasteiger partial charge < -0.3 is 10.1 Å². The number of anilines is 2. The van der Waals surface area contributed by atoms with Crippen LogP contribution < -0.4 is 15.2 Å². The van der Waals surface area contributed by atoms with E-state index in [0.717, 1.165) is 21.3 Å². The van der Waals surface area contributed by atoms with Crippen molar-refractivity contribution in [2.24, 2.45) is 5.14 Å². The van der Waals surface area contributed by atoms with Gasteiger partial charge in [-0.15, -0.1) is 39.7 Å². The molecule has 0 amide bonds. The number of aromatic nitrogens is 2. The predicted octanol–water partition coefficient (Wildman–Crippen LogP) is 4.64. The number of primary sulfonamides is 1. The number of benzene rings is 1. The van der Waals surface area contributed by atoms with Gasteiger partial charge in [0.05, 0.1) is 38.0 Å². The molecule has 3 rings (SSSR count). The highest BCUT2D eigenvalue weighted by molar-refractivity contribution is 8.93. The van der Waals surface area contributed by atoms with E-state index >= 15 is 0 Å². The Balaban J connectivity index is 0.00000280. The fraction of sp³-hybridized carbons (Fsp3) is 0.294. The maximum Gasteiger partial charge on any atom is 0.238 e. The van der Waals surface area contributed by atoms with E-state index in [-0.39, 0.29) is 28.0 Å². The van der Waals surface area contributed by atoms with Crippen LogP contribution in [0.4, 0.5) is 10.8 Å². The number of thiazole rings is 2. The van der Waals surface area contributed by atoms with Gasteiger partial charge in [-0.25, -0.2) is 23.5 Å². The van der Waals surface area contributed by atoms with Crippen molar-refractivity contribution in [3.05, 3.63) is 34.3 Å². The van der Waals surface area contributed by atoms with Crippen molar-refractivity contribution >= 4 is 60.5 Å². The number of hydrogen-bond acceptors (Lipinski definition) is 8. The van der Waals surface area contributed by atoms with Gasteiger partial charge in [0.25, 0.3) is 0 Å². The molecule has 0 aliphatic carbocycles. The lowest BCUT2D eigenvalue weighted by atomic mass is 10.3. The first kappa shape index (κ1) is 22.8. The molecule has 0 atom stereocenters. The quantitative estimate of drug-likeness (QED) is 0.506. The largest absolute Gasteiger partial charge is 0.489 e. The van der Waals surface area contributed by atoms with Crippen LogP contribution in [0.25, 0.3) is 10.6 Å². The molecule has 0 radical (unpaired) electrons. The van der Waals surface area contributed by atoms with Crippen LogP contribution in [0.1, 0.15) is 24.5 Å². The molecule has 0 aliphatic rings. The summed E-state index contributed by atoms with van der Waals surface area (Å²) in [5.74, 6) is 0.527. The SMILES string of the molecule is Br.Cc1nc(C)c(-c2csc(Nc3cc(S(N)(=O)=O)ccc3OC(C)C)n2)s1. The van der Waals surface area contributed by atoms with Crippen molar-refractivity contribution in [2.75, 3.05) is 5.32 Å². The topological polar surface area (TPSA) is 107 Å². The number of nitrogens with one attached hydrogen (secondary N) is 1. The molecule has 0 saturated carbocycles. The first-order valence-corrected chi connectivity index (χ1v) is 11.4. The minimum Gasteiger partial charge on any atom is -0.489 e. The van der Waals surface area contributed by atoms with Crippen molar-refractivity contribution in [3.63, 3.8) is 0 Å². The minimum atomic E-state index is -3.82. The van der Waals surface area contributed by atoms with Crippen LogP contribution in [0.5, 0.6) is 5.75 Å². The van der Waals surface area contributed by atoms with Crippen LogP contribution in [0, 0.1) is 13.8 Å². The zero-order valence-electron chi connectivity index (χ0n) is 15.7. The molecular weight excluding hydrogens is 484 g/mol. The lowest BCUT2D eigenvalue weighted by molar-refractivity contribution is 0.243. The third-order valence-electron chi connectivity index (χ3n) is 3.52. The average molecular weight is 505 g/mol. The summed E-state index contributed by atoms with van der Waals surface area (Å²) in [6, 6.07) is 4.47. The summed E-state index contributed by atoms with van der Waals surface area (Å²) in [6.45, 7) is 7.71. The molecule has 11 heteroatoms. The third-order valence-corrected chi connectivity index (χ3v) is 6.29. The molecule has 28 heavy (non-hydrogen) atoms. The van der Waals surface area contributed by atoms with Crippen molar-refractivity contribution < 1.29 is 13.2 Å². The van der Waals surface area contributed by atoms with Crippen molar-refractivity contribution in [3.8, 4) is 16.3 Å². The van der Waals surface area contributed by atoms with Gasteiger partial charge in [-0.3, -0.25) is 0 Å². The number of sulfonamides is 1. The minimum absolute atomic E-state index is 0. The van der Waals surface area contributed by atoms with Gasteiger partial charge in [0.2, 0.25) is 10.0 Å². The second kappa shape index (κ2) is 8.87. The summed E-state index contributed by atoms with van der Waals surface area (Å²) in [5.41, 5.74) is 2.27. The van der Waals surface area contributed by atoms with Crippen molar-refractivity contribution in [1.82, 2.24) is 9.97 Å². The van der Waals surface area contributed by atoms with E-state index in [2.05, 4.69) is 15.3 Å². The number of aryl methyl sites for hydroxylation is 2. The number of halogens is 1. The van der Waals surface area contributed by atoms with E-state index in [4.69, 9.17) is 9.88 Å². The van der Waals surface area contributed by atoms with Crippen LogP contribution in [-0.2, 0) is 10.0 Å². The lowest BCUT2D eigenvalue weighted by Gasteiger charge is -2.15. The smallest absolute Gasteiger partial charge is 0.238 e. The van der Waals surface area contributed by atoms with E-state index in [1.165, 1.54) is 23.5 Å². The molecule has 1 aromatic carbocycles. The molecular formula is C17H21BrN4O3S3. The van der Waals surface area contributed by atoms with Crippen LogP contribution in [-0.4, -0.2) is 24.5 Å². The van der Waals surface area contributed by atoms with E-state index in [0.29, 0.717) is 16.6 Å². The standard InChI is InChI=1S/C17H20N4O3S3.BrH/c1-9(2)24-15-6-5-12(27(18,22)23)7-13(15)20-17-21-14(8-25-17)16-10(3)19-11(4)26-16;/h5-9H,1-4H3,(H,20,21)(H2,18,22,23);1H. The Morgan fingerprint density at radius 2 is 1.93 bits per heavy atom. The molecule has 3 aromatic rings. The van der Waals surface area contributed by atoms with Gasteiger partial charge in [0.1, 0.15) is 5.75 Å². The Hall–Kier alpha value is -1.53. The maximum absolute atomic E-state index is 11.7. The Morgan fingerprint density at radius 3 is 2.50 bits per heavy atom. The van der Waals surface area contributed by atoms with Crippen LogP contribution in [0.15, 0.2) is 28.5 Å². The lowest BCUT2D eigenvalue weighted by Crippen LogP contribution is -2.13. The molecule has 0 spiro atoms. The van der Waals surface area contributed by atoms with Gasteiger partial charge >= 0.3 is 0 Å². The van der Waals surface area contributed by atoms with Crippen LogP contribution >= 0.6 is 39.7 Å². The van der Waals surface area contributed by atoms with Crippen LogP contribution in [0.3, 0.4) is 0 Å². The number of ether oxygens (including phenoxy) is 1. The summed E-state index contributed by atoms with van der Waals surface area (Å²) in [6.07, 6.45) is -0.0689. The fourth-order valence-corrected chi connectivity index (χ4v) is 4.67. The summed E-state index contributed by atoms with van der Waals surface area (Å²) in [4.78, 5) is 10.1. The number of rotatable bonds is 6. The number of hydrogen-bond donors (Lipinski definition) is 2. The first-order chi connectivity index (χ1) is 12.6. The molecule has 7 nitrogen and oxygen atoms in total. The number of nitrogens with two attached hydrogens (primary N) is 1. The summed E-state index contributed by atoms with van der Waals surface area (Å²) in [5, 5.41) is 12.0. The Bertz CT molecular complexity index is 1080. The normalized spacial score (nSPS) is 11.4. The van der Waals surface area contributed by atoms with Gasteiger partial charge in [-0.2, -0.15) is 0 Å². The third kappa shape index (κ3) is 5.29. The van der Waals surface area contributed by atoms with Gasteiger partial charge in [0.15, 0.2) is 5.13 Å². The molecule has 2 aromatic heterocycles. The van der Waals surface area contributed by atoms with Gasteiger partial charge in [-0.1, -0.05) is 0 Å². The first-order valence-electron chi connectivity index (χ1n) is 8.14. The van der Waals surface area contributed by atoms with Crippen molar-refractivity contribution in [2.45, 2.75) is 38.7 Å². The predicted molar refractivity (Wildman–Crippen MR) is 120 cm³/mol. The summed E-state index contributed by atoms with van der Waals surface area (Å²) < 4.78 is 29.2. The summed E-state index contributed by atoms with van der Waals surface area (Å²) >= 11 is 3.01. The average Bonchev–Trinajstić information content (AvgIpc) is 3.13. The zero-order chi connectivity index (χ0) is 19.8. The molecule has 3 N–H and O–H groups in total. The highest BCUT2D eigenvalue weighted by atomic mass is 79.9. The molecule has 152 valence electrons. The molecule has 0 bridgehead atoms. The Labute approximate surface area is 182 Å². The molecule has 0 aliphatic heterocycles. The molecule has 0 saturated heterocycles. The van der Waals surface area contributed by atoms with E-state index in [9.17, 15) is 8.42 Å². The van der Waals surface area contributed by atoms with E-state index in [1.54, 1.807) is 17.4 Å². The van der Waals surface area contributed by atoms with Crippen molar-refractivity contribution in [1.29, 1.82) is 0 Å². The molecule has 2 heterocycles. The summed E-state index contributed by atoms with van der Waals surface area (Å²) in [7, 11) is -3.82. The van der Waals surface area contributed by atoms with E-state index < -0.39 is 10.0 Å². The van der Waals surface area contributed by atoms with E-state index in [1.807, 2.05) is 33.1 Å². The fourth-order valence-electron chi connectivity index (χ4n) is 2.46. The maximum atomic E-state index is 11.7. The highest BCUT2D eigenvalue weighted by Crippen LogP contribution is 2.35. The van der Waals surface area contributed by atoms with Gasteiger partial charge in [0, 0.05) is 5.38 Å². The van der Waals surface area contributed by atoms with Crippen LogP contribution in [0.2, 0.25) is 0 Å². The second-order valence-corrected chi connectivity index (χ2v) is 9.80. The second-order valence-electron chi connectivity index (χ2n) is 6.18. The highest BCUT2D eigenvalue weighted by Gasteiger charge is 2.16. The van der Waals surface area contributed by atoms with Gasteiger partial charge in [-0.05, 0) is 45.9 Å². The Kier molecular flexibility index (Phi) is 7.21. The zero-order valence-corrected chi connectivity index (χ0v) is 19.9. The Morgan fingerprint density at radius 1 is 1.21 bits per heavy atom. The molecule has 0 unspecified atom stereocenters.